The molecule has 5 nitrogen and oxygen atoms in total. The van der Waals surface area contributed by atoms with Crippen molar-refractivity contribution in [3.05, 3.63) is 71.6 Å². The Kier molecular flexibility index (Phi) is 12.1. The molecule has 0 radical (unpaired) electrons. The molecule has 2 aromatic rings. The van der Waals surface area contributed by atoms with Crippen LogP contribution in [0.3, 0.4) is 0 Å². The topological polar surface area (TPSA) is 16.2 Å². The average molecular weight is 612 g/mol. The number of hydrogen-bond acceptors (Lipinski definition) is 7. The minimum atomic E-state index is -0.122. The molecular formula is C34H50FN5S2. The molecule has 5 rings (SSSR count). The van der Waals surface area contributed by atoms with Crippen molar-refractivity contribution in [2.75, 3.05) is 71.4 Å². The van der Waals surface area contributed by atoms with E-state index in [-0.39, 0.29) is 5.82 Å². The highest BCUT2D eigenvalue weighted by Gasteiger charge is 2.23. The van der Waals surface area contributed by atoms with Crippen molar-refractivity contribution in [3.63, 3.8) is 0 Å². The van der Waals surface area contributed by atoms with Crippen molar-refractivity contribution >= 4 is 29.8 Å². The summed E-state index contributed by atoms with van der Waals surface area (Å²) in [6.07, 6.45) is 10.3. The minimum Gasteiger partial charge on any atom is -0.378 e. The third-order valence-corrected chi connectivity index (χ3v) is 10.9. The fourth-order valence-electron chi connectivity index (χ4n) is 6.51. The van der Waals surface area contributed by atoms with E-state index in [1.807, 2.05) is 30.1 Å². The summed E-state index contributed by atoms with van der Waals surface area (Å²) in [5, 5.41) is 0. The van der Waals surface area contributed by atoms with Gasteiger partial charge in [0.15, 0.2) is 0 Å². The first-order chi connectivity index (χ1) is 20.4. The summed E-state index contributed by atoms with van der Waals surface area (Å²) in [5.41, 5.74) is 4.91. The smallest absolute Gasteiger partial charge is 0.123 e. The summed E-state index contributed by atoms with van der Waals surface area (Å²) < 4.78 is 21.3. The maximum atomic E-state index is 13.8. The second-order valence-corrected chi connectivity index (χ2v) is 14.9. The highest BCUT2D eigenvalue weighted by atomic mass is 32.2. The molecule has 0 N–H and O–H groups in total. The summed E-state index contributed by atoms with van der Waals surface area (Å²) in [6, 6.07) is 14.2. The lowest BCUT2D eigenvalue weighted by atomic mass is 9.89. The van der Waals surface area contributed by atoms with Gasteiger partial charge in [0.05, 0.1) is 0 Å². The van der Waals surface area contributed by atoms with Crippen LogP contribution in [-0.2, 0) is 13.0 Å². The molecule has 230 valence electrons. The van der Waals surface area contributed by atoms with Gasteiger partial charge in [-0.2, -0.15) is 0 Å². The number of anilines is 1. The Balaban J connectivity index is 1.25. The van der Waals surface area contributed by atoms with Crippen LogP contribution < -0.4 is 4.90 Å². The maximum Gasteiger partial charge on any atom is 0.123 e. The lowest BCUT2D eigenvalue weighted by Crippen LogP contribution is -2.37. The fraction of sp³-hybridized carbons (Fsp3) is 0.588. The largest absolute Gasteiger partial charge is 0.378 e. The monoisotopic (exact) mass is 611 g/mol. The van der Waals surface area contributed by atoms with Crippen LogP contribution >= 0.6 is 24.1 Å². The van der Waals surface area contributed by atoms with E-state index >= 15 is 0 Å². The van der Waals surface area contributed by atoms with E-state index in [1.54, 1.807) is 12.1 Å². The van der Waals surface area contributed by atoms with Crippen molar-refractivity contribution < 1.29 is 4.39 Å². The normalized spacial score (nSPS) is 21.5. The highest BCUT2D eigenvalue weighted by molar-refractivity contribution is 7.97. The van der Waals surface area contributed by atoms with E-state index in [2.05, 4.69) is 67.7 Å². The van der Waals surface area contributed by atoms with E-state index in [9.17, 15) is 4.39 Å². The molecule has 0 amide bonds. The molecule has 0 aromatic heterocycles. The SMILES string of the molecule is C=C1CN(Sc2ccc(N(C)C)cc2)CCCN(CC2CCCCC2)CCCN(SN2CCc3cc(F)ccc3C2)C1. The van der Waals surface area contributed by atoms with Crippen LogP contribution in [0.4, 0.5) is 10.1 Å². The third-order valence-electron chi connectivity index (χ3n) is 8.77. The molecule has 1 saturated carbocycles. The zero-order valence-corrected chi connectivity index (χ0v) is 27.4. The fourth-order valence-corrected chi connectivity index (χ4v) is 8.68. The standard InChI is InChI=1S/C34H50FN5S2/c1-28-24-38(41-34-15-13-33(14-16-34)36(2)3)20-7-18-37(26-29-9-5-4-6-10-29)19-8-21-39(25-28)42-40-22-17-30-23-32(35)12-11-31(30)27-40/h11-16,23,29H,1,4-10,17-22,24-27H2,2-3H3. The van der Waals surface area contributed by atoms with Gasteiger partial charge in [0.2, 0.25) is 0 Å². The molecule has 8 heteroatoms. The van der Waals surface area contributed by atoms with Crippen LogP contribution in [0.1, 0.15) is 56.1 Å². The molecule has 3 aliphatic rings. The van der Waals surface area contributed by atoms with Gasteiger partial charge in [0.25, 0.3) is 0 Å². The highest BCUT2D eigenvalue weighted by Crippen LogP contribution is 2.30. The van der Waals surface area contributed by atoms with E-state index in [4.69, 9.17) is 0 Å². The Bertz CT molecular complexity index is 1140. The molecule has 2 fully saturated rings. The molecule has 2 aromatic carbocycles. The minimum absolute atomic E-state index is 0.122. The molecule has 2 heterocycles. The number of rotatable bonds is 7. The van der Waals surface area contributed by atoms with Gasteiger partial charge < -0.3 is 9.80 Å². The third kappa shape index (κ3) is 9.73. The molecule has 0 spiro atoms. The predicted molar refractivity (Wildman–Crippen MR) is 179 cm³/mol. The van der Waals surface area contributed by atoms with Gasteiger partial charge in [0, 0.05) is 82.6 Å². The molecule has 2 aliphatic heterocycles. The first kappa shape index (κ1) is 31.9. The molecule has 1 aliphatic carbocycles. The van der Waals surface area contributed by atoms with E-state index < -0.39 is 0 Å². The number of nitrogens with zero attached hydrogens (tertiary/aromatic N) is 5. The van der Waals surface area contributed by atoms with Crippen LogP contribution in [0.5, 0.6) is 0 Å². The van der Waals surface area contributed by atoms with Crippen molar-refractivity contribution in [2.45, 2.75) is 62.8 Å². The Morgan fingerprint density at radius 1 is 0.786 bits per heavy atom. The van der Waals surface area contributed by atoms with Gasteiger partial charge >= 0.3 is 0 Å². The maximum absolute atomic E-state index is 13.8. The summed E-state index contributed by atoms with van der Waals surface area (Å²) in [6.45, 7) is 13.9. The van der Waals surface area contributed by atoms with Gasteiger partial charge in [-0.3, -0.25) is 0 Å². The Hall–Kier alpha value is -1.55. The Morgan fingerprint density at radius 3 is 2.21 bits per heavy atom. The molecule has 0 bridgehead atoms. The summed E-state index contributed by atoms with van der Waals surface area (Å²) in [4.78, 5) is 6.21. The van der Waals surface area contributed by atoms with Crippen LogP contribution in [0, 0.1) is 11.7 Å². The lowest BCUT2D eigenvalue weighted by molar-refractivity contribution is 0.189. The summed E-state index contributed by atoms with van der Waals surface area (Å²) in [7, 11) is 4.18. The van der Waals surface area contributed by atoms with Crippen LogP contribution in [0.2, 0.25) is 0 Å². The number of benzene rings is 2. The Labute approximate surface area is 262 Å². The van der Waals surface area contributed by atoms with Gasteiger partial charge in [-0.15, -0.1) is 0 Å². The van der Waals surface area contributed by atoms with Crippen LogP contribution in [0.25, 0.3) is 0 Å². The number of halogens is 1. The van der Waals surface area contributed by atoms with Gasteiger partial charge in [-0.05, 0) is 116 Å². The second-order valence-electron chi connectivity index (χ2n) is 12.6. The number of fused-ring (bicyclic) bond motifs is 1. The van der Waals surface area contributed by atoms with Crippen molar-refractivity contribution in [1.29, 1.82) is 0 Å². The quantitative estimate of drug-likeness (QED) is 0.237. The molecule has 42 heavy (non-hydrogen) atoms. The second kappa shape index (κ2) is 16.0. The van der Waals surface area contributed by atoms with Gasteiger partial charge in [0.1, 0.15) is 5.82 Å². The molecule has 0 atom stereocenters. The zero-order chi connectivity index (χ0) is 29.3. The first-order valence-corrected chi connectivity index (χ1v) is 17.5. The van der Waals surface area contributed by atoms with Crippen molar-refractivity contribution in [3.8, 4) is 0 Å². The Morgan fingerprint density at radius 2 is 1.48 bits per heavy atom. The van der Waals surface area contributed by atoms with Crippen molar-refractivity contribution in [2.24, 2.45) is 5.92 Å². The van der Waals surface area contributed by atoms with Crippen molar-refractivity contribution in [1.82, 2.24) is 17.8 Å². The van der Waals surface area contributed by atoms with E-state index in [1.165, 1.54) is 86.3 Å². The lowest BCUT2D eigenvalue weighted by Gasteiger charge is -2.35. The zero-order valence-electron chi connectivity index (χ0n) is 25.8. The van der Waals surface area contributed by atoms with Crippen LogP contribution in [-0.4, -0.2) is 84.3 Å². The summed E-state index contributed by atoms with van der Waals surface area (Å²) in [5.74, 6) is 0.749. The summed E-state index contributed by atoms with van der Waals surface area (Å²) >= 11 is 3.75. The molecule has 1 saturated heterocycles. The molecule has 0 unspecified atom stereocenters. The van der Waals surface area contributed by atoms with Crippen LogP contribution in [0.15, 0.2) is 59.5 Å². The molecular weight excluding hydrogens is 562 g/mol. The number of hydrogen-bond donors (Lipinski definition) is 0. The van der Waals surface area contributed by atoms with E-state index in [0.717, 1.165) is 57.2 Å². The van der Waals surface area contributed by atoms with E-state index in [0.29, 0.717) is 0 Å². The van der Waals surface area contributed by atoms with Gasteiger partial charge in [-0.1, -0.05) is 31.9 Å². The first-order valence-electron chi connectivity index (χ1n) is 16.0. The predicted octanol–water partition coefficient (Wildman–Crippen LogP) is 7.36. The average Bonchev–Trinajstić information content (AvgIpc) is 2.97. The van der Waals surface area contributed by atoms with Gasteiger partial charge in [-0.25, -0.2) is 17.3 Å².